The molecule has 0 aliphatic carbocycles. The van der Waals surface area contributed by atoms with E-state index in [2.05, 4.69) is 35.8 Å². The second-order valence-corrected chi connectivity index (χ2v) is 10.2. The fourth-order valence-corrected chi connectivity index (χ4v) is 5.64. The molecule has 0 bridgehead atoms. The second kappa shape index (κ2) is 12.5. The molecule has 0 aliphatic heterocycles. The largest absolute Gasteiger partial charge is 0.339 e. The predicted octanol–water partition coefficient (Wildman–Crippen LogP) is 8.61. The molecular weight excluding hydrogens is 418 g/mol. The van der Waals surface area contributed by atoms with E-state index in [1.165, 1.54) is 69.2 Å². The zero-order chi connectivity index (χ0) is 21.9. The SMILES string of the molecule is CCCCCCCCCCCCn1c(-c2ccc(C#N)s2)ccc1-c1ccc(C#N)s1. The van der Waals surface area contributed by atoms with Crippen LogP contribution >= 0.6 is 22.7 Å². The first kappa shape index (κ1) is 23.3. The Bertz CT molecular complexity index is 956. The van der Waals surface area contributed by atoms with Gasteiger partial charge in [0, 0.05) is 6.54 Å². The highest BCUT2D eigenvalue weighted by Crippen LogP contribution is 2.36. The second-order valence-electron chi connectivity index (χ2n) is 7.99. The third-order valence-corrected chi connectivity index (χ3v) is 7.68. The number of thiophene rings is 2. The molecule has 5 heteroatoms. The Labute approximate surface area is 194 Å². The Kier molecular flexibility index (Phi) is 9.40. The van der Waals surface area contributed by atoms with Crippen molar-refractivity contribution in [3.8, 4) is 33.3 Å². The van der Waals surface area contributed by atoms with E-state index in [9.17, 15) is 10.5 Å². The van der Waals surface area contributed by atoms with Crippen LogP contribution in [0.4, 0.5) is 0 Å². The van der Waals surface area contributed by atoms with E-state index in [0.29, 0.717) is 0 Å². The maximum atomic E-state index is 9.21. The number of hydrogen-bond acceptors (Lipinski definition) is 4. The summed E-state index contributed by atoms with van der Waals surface area (Å²) in [5.74, 6) is 0. The molecule has 31 heavy (non-hydrogen) atoms. The van der Waals surface area contributed by atoms with Gasteiger partial charge in [0.05, 0.1) is 21.1 Å². The molecule has 0 amide bonds. The summed E-state index contributed by atoms with van der Waals surface area (Å²) in [5, 5.41) is 18.4. The van der Waals surface area contributed by atoms with Gasteiger partial charge in [0.25, 0.3) is 0 Å². The van der Waals surface area contributed by atoms with E-state index in [1.54, 1.807) is 22.7 Å². The van der Waals surface area contributed by atoms with Gasteiger partial charge in [-0.15, -0.1) is 22.7 Å². The van der Waals surface area contributed by atoms with Gasteiger partial charge >= 0.3 is 0 Å². The van der Waals surface area contributed by atoms with Crippen LogP contribution in [0.25, 0.3) is 21.1 Å². The number of hydrogen-bond donors (Lipinski definition) is 0. The molecule has 0 N–H and O–H groups in total. The molecule has 0 aliphatic rings. The topological polar surface area (TPSA) is 52.5 Å². The molecule has 0 aromatic carbocycles. The maximum Gasteiger partial charge on any atom is 0.110 e. The highest BCUT2D eigenvalue weighted by Gasteiger charge is 2.15. The molecule has 0 fully saturated rings. The average Bonchev–Trinajstić information content (AvgIpc) is 3.53. The van der Waals surface area contributed by atoms with Crippen LogP contribution in [-0.4, -0.2) is 4.57 Å². The predicted molar refractivity (Wildman–Crippen MR) is 132 cm³/mol. The molecule has 3 aromatic heterocycles. The first-order valence-corrected chi connectivity index (χ1v) is 13.1. The third-order valence-electron chi connectivity index (χ3n) is 5.65. The zero-order valence-electron chi connectivity index (χ0n) is 18.4. The Morgan fingerprint density at radius 3 is 1.52 bits per heavy atom. The minimum absolute atomic E-state index is 0.742. The van der Waals surface area contributed by atoms with Crippen molar-refractivity contribution >= 4 is 22.7 Å². The summed E-state index contributed by atoms with van der Waals surface area (Å²) in [4.78, 5) is 3.75. The van der Waals surface area contributed by atoms with Crippen molar-refractivity contribution in [1.29, 1.82) is 10.5 Å². The Hall–Kier alpha value is -2.34. The normalized spacial score (nSPS) is 10.8. The molecule has 3 rings (SSSR count). The highest BCUT2D eigenvalue weighted by atomic mass is 32.1. The molecule has 162 valence electrons. The first-order chi connectivity index (χ1) is 15.3. The minimum atomic E-state index is 0.742. The quantitative estimate of drug-likeness (QED) is 0.245. The van der Waals surface area contributed by atoms with Crippen molar-refractivity contribution < 1.29 is 0 Å². The van der Waals surface area contributed by atoms with Gasteiger partial charge in [-0.25, -0.2) is 0 Å². The van der Waals surface area contributed by atoms with Crippen LogP contribution in [0.5, 0.6) is 0 Å². The van der Waals surface area contributed by atoms with Gasteiger partial charge in [0.1, 0.15) is 21.9 Å². The molecule has 3 heterocycles. The minimum Gasteiger partial charge on any atom is -0.339 e. The lowest BCUT2D eigenvalue weighted by molar-refractivity contribution is 0.538. The Morgan fingerprint density at radius 1 is 0.645 bits per heavy atom. The van der Waals surface area contributed by atoms with Crippen LogP contribution in [0.15, 0.2) is 36.4 Å². The Balaban J connectivity index is 1.61. The fourth-order valence-electron chi connectivity index (χ4n) is 3.97. The fraction of sp³-hybridized carbons (Fsp3) is 0.462. The van der Waals surface area contributed by atoms with Crippen molar-refractivity contribution in [2.45, 2.75) is 77.7 Å². The molecule has 0 atom stereocenters. The van der Waals surface area contributed by atoms with Crippen molar-refractivity contribution in [2.24, 2.45) is 0 Å². The van der Waals surface area contributed by atoms with Crippen LogP contribution in [0.2, 0.25) is 0 Å². The van der Waals surface area contributed by atoms with Crippen LogP contribution < -0.4 is 0 Å². The maximum absolute atomic E-state index is 9.21. The standard InChI is InChI=1S/C26H31N3S2/c1-2-3-4-5-6-7-8-9-10-11-18-29-23(25-16-12-21(19-27)30-25)14-15-24(29)26-17-13-22(20-28)31-26/h12-17H,2-11,18H2,1H3. The lowest BCUT2D eigenvalue weighted by atomic mass is 10.1. The number of rotatable bonds is 13. The van der Waals surface area contributed by atoms with E-state index < -0.39 is 0 Å². The van der Waals surface area contributed by atoms with Crippen molar-refractivity contribution in [2.75, 3.05) is 0 Å². The van der Waals surface area contributed by atoms with Gasteiger partial charge in [-0.1, -0.05) is 64.7 Å². The molecule has 0 saturated carbocycles. The summed E-state index contributed by atoms with van der Waals surface area (Å²) >= 11 is 3.09. The summed E-state index contributed by atoms with van der Waals surface area (Å²) in [6.45, 7) is 3.23. The molecule has 0 unspecified atom stereocenters. The summed E-state index contributed by atoms with van der Waals surface area (Å²) < 4.78 is 2.38. The number of nitrogens with zero attached hydrogens (tertiary/aromatic N) is 3. The molecule has 0 radical (unpaired) electrons. The van der Waals surface area contributed by atoms with Crippen molar-refractivity contribution in [3.63, 3.8) is 0 Å². The monoisotopic (exact) mass is 449 g/mol. The van der Waals surface area contributed by atoms with E-state index in [1.807, 2.05) is 24.3 Å². The van der Waals surface area contributed by atoms with Crippen LogP contribution in [0.3, 0.4) is 0 Å². The molecular formula is C26H31N3S2. The summed E-state index contributed by atoms with van der Waals surface area (Å²) in [6.07, 6.45) is 13.2. The van der Waals surface area contributed by atoms with E-state index in [0.717, 1.165) is 32.5 Å². The van der Waals surface area contributed by atoms with Crippen LogP contribution in [-0.2, 0) is 6.54 Å². The molecule has 0 saturated heterocycles. The first-order valence-electron chi connectivity index (χ1n) is 11.5. The van der Waals surface area contributed by atoms with Gasteiger partial charge < -0.3 is 4.57 Å². The number of aromatic nitrogens is 1. The number of unbranched alkanes of at least 4 members (excludes halogenated alkanes) is 9. The molecule has 3 aromatic rings. The lowest BCUT2D eigenvalue weighted by Crippen LogP contribution is -2.01. The van der Waals surface area contributed by atoms with Gasteiger partial charge in [0.15, 0.2) is 0 Å². The zero-order valence-corrected chi connectivity index (χ0v) is 20.0. The van der Waals surface area contributed by atoms with E-state index in [4.69, 9.17) is 0 Å². The Morgan fingerprint density at radius 2 is 1.10 bits per heavy atom. The smallest absolute Gasteiger partial charge is 0.110 e. The summed E-state index contributed by atoms with van der Waals surface area (Å²) in [7, 11) is 0. The summed E-state index contributed by atoms with van der Waals surface area (Å²) in [5.41, 5.74) is 2.34. The van der Waals surface area contributed by atoms with Gasteiger partial charge in [-0.05, 0) is 42.8 Å². The van der Waals surface area contributed by atoms with Crippen LogP contribution in [0, 0.1) is 22.7 Å². The van der Waals surface area contributed by atoms with Gasteiger partial charge in [-0.2, -0.15) is 10.5 Å². The van der Waals surface area contributed by atoms with E-state index >= 15 is 0 Å². The van der Waals surface area contributed by atoms with E-state index in [-0.39, 0.29) is 0 Å². The third kappa shape index (κ3) is 6.57. The number of nitriles is 2. The molecule has 0 spiro atoms. The van der Waals surface area contributed by atoms with Crippen molar-refractivity contribution in [1.82, 2.24) is 4.57 Å². The van der Waals surface area contributed by atoms with Gasteiger partial charge in [0.2, 0.25) is 0 Å². The van der Waals surface area contributed by atoms with Crippen LogP contribution in [0.1, 0.15) is 80.9 Å². The summed E-state index contributed by atoms with van der Waals surface area (Å²) in [6, 6.07) is 16.7. The molecule has 3 nitrogen and oxygen atoms in total. The highest BCUT2D eigenvalue weighted by molar-refractivity contribution is 7.16. The van der Waals surface area contributed by atoms with Crippen molar-refractivity contribution in [3.05, 3.63) is 46.2 Å². The van der Waals surface area contributed by atoms with Gasteiger partial charge in [-0.3, -0.25) is 0 Å². The lowest BCUT2D eigenvalue weighted by Gasteiger charge is -2.12. The average molecular weight is 450 g/mol.